The van der Waals surface area contributed by atoms with Crippen molar-refractivity contribution in [1.29, 1.82) is 0 Å². The molecule has 25 heavy (non-hydrogen) atoms. The molecule has 1 aromatic rings. The Morgan fingerprint density at radius 2 is 1.76 bits per heavy atom. The molecule has 0 aliphatic heterocycles. The zero-order chi connectivity index (χ0) is 18.8. The van der Waals surface area contributed by atoms with Crippen LogP contribution >= 0.6 is 0 Å². The topological polar surface area (TPSA) is 61.2 Å². The third kappa shape index (κ3) is 6.63. The lowest BCUT2D eigenvalue weighted by Gasteiger charge is -2.16. The molecule has 0 saturated carbocycles. The van der Waals surface area contributed by atoms with Crippen molar-refractivity contribution in [3.05, 3.63) is 27.4 Å². The van der Waals surface area contributed by atoms with Crippen LogP contribution in [0, 0.1) is 12.8 Å². The van der Waals surface area contributed by atoms with Gasteiger partial charge in [-0.3, -0.25) is 9.36 Å². The van der Waals surface area contributed by atoms with Gasteiger partial charge in [0.1, 0.15) is 0 Å². The van der Waals surface area contributed by atoms with E-state index in [0.717, 1.165) is 24.8 Å². The maximum absolute atomic E-state index is 12.9. The highest BCUT2D eigenvalue weighted by Gasteiger charge is 2.20. The van der Waals surface area contributed by atoms with Crippen molar-refractivity contribution in [1.82, 2.24) is 9.55 Å². The van der Waals surface area contributed by atoms with Crippen LogP contribution in [0.2, 0.25) is 0 Å². The summed E-state index contributed by atoms with van der Waals surface area (Å²) in [6.07, 6.45) is 7.82. The Balaban J connectivity index is 2.99. The van der Waals surface area contributed by atoms with E-state index in [2.05, 4.69) is 11.9 Å². The first kappa shape index (κ1) is 21.4. The molecular formula is C20H34N2O3. The molecule has 0 atom stereocenters. The average Bonchev–Trinajstić information content (AvgIpc) is 2.55. The van der Waals surface area contributed by atoms with Crippen LogP contribution in [0.5, 0.6) is 0 Å². The van der Waals surface area contributed by atoms with Gasteiger partial charge in [0, 0.05) is 17.8 Å². The van der Waals surface area contributed by atoms with Crippen molar-refractivity contribution in [2.75, 3.05) is 6.61 Å². The summed E-state index contributed by atoms with van der Waals surface area (Å²) in [5.74, 6) is -0.142. The smallest absolute Gasteiger partial charge is 0.374 e. The second-order valence-electron chi connectivity index (χ2n) is 7.05. The van der Waals surface area contributed by atoms with E-state index >= 15 is 0 Å². The second kappa shape index (κ2) is 11.1. The van der Waals surface area contributed by atoms with Crippen molar-refractivity contribution in [3.8, 4) is 0 Å². The Labute approximate surface area is 151 Å². The van der Waals surface area contributed by atoms with Crippen LogP contribution in [0.15, 0.2) is 4.79 Å². The first-order valence-corrected chi connectivity index (χ1v) is 9.69. The van der Waals surface area contributed by atoms with Crippen molar-refractivity contribution >= 4 is 5.97 Å². The van der Waals surface area contributed by atoms with E-state index in [0.29, 0.717) is 12.2 Å². The molecule has 142 valence electrons. The molecule has 1 aromatic heterocycles. The Hall–Kier alpha value is -1.65. The van der Waals surface area contributed by atoms with Crippen LogP contribution in [-0.2, 0) is 17.7 Å². The molecular weight excluding hydrogens is 316 g/mol. The van der Waals surface area contributed by atoms with Crippen LogP contribution in [-0.4, -0.2) is 22.1 Å². The van der Waals surface area contributed by atoms with Gasteiger partial charge in [-0.15, -0.1) is 0 Å². The molecule has 0 aliphatic carbocycles. The molecule has 5 heteroatoms. The van der Waals surface area contributed by atoms with Gasteiger partial charge < -0.3 is 4.74 Å². The van der Waals surface area contributed by atoms with Crippen LogP contribution in [0.3, 0.4) is 0 Å². The van der Waals surface area contributed by atoms with E-state index < -0.39 is 5.97 Å². The fourth-order valence-corrected chi connectivity index (χ4v) is 2.96. The fourth-order valence-electron chi connectivity index (χ4n) is 2.96. The average molecular weight is 351 g/mol. The van der Waals surface area contributed by atoms with Crippen LogP contribution in [0.1, 0.15) is 88.1 Å². The zero-order valence-corrected chi connectivity index (χ0v) is 16.6. The summed E-state index contributed by atoms with van der Waals surface area (Å²) in [5.41, 5.74) is 1.31. The first-order valence-electron chi connectivity index (χ1n) is 9.69. The first-order chi connectivity index (χ1) is 11.9. The number of carbonyl (C=O) groups is 1. The highest BCUT2D eigenvalue weighted by atomic mass is 16.5. The van der Waals surface area contributed by atoms with Gasteiger partial charge in [0.2, 0.25) is 5.82 Å². The summed E-state index contributed by atoms with van der Waals surface area (Å²) in [5, 5.41) is 0. The third-order valence-electron chi connectivity index (χ3n) is 4.26. The number of rotatable bonds is 11. The number of unbranched alkanes of at least 4 members (excludes halogenated alkanes) is 5. The third-order valence-corrected chi connectivity index (χ3v) is 4.26. The number of aromatic nitrogens is 2. The second-order valence-corrected chi connectivity index (χ2v) is 7.05. The normalized spacial score (nSPS) is 11.1. The van der Waals surface area contributed by atoms with E-state index in [1.807, 2.05) is 20.8 Å². The lowest BCUT2D eigenvalue weighted by Crippen LogP contribution is -2.33. The van der Waals surface area contributed by atoms with E-state index in [-0.39, 0.29) is 23.9 Å². The summed E-state index contributed by atoms with van der Waals surface area (Å²) in [6, 6.07) is 0. The lowest BCUT2D eigenvalue weighted by atomic mass is 10.0. The van der Waals surface area contributed by atoms with Crippen molar-refractivity contribution in [2.24, 2.45) is 5.92 Å². The molecule has 0 bridgehead atoms. The van der Waals surface area contributed by atoms with Crippen molar-refractivity contribution in [3.63, 3.8) is 0 Å². The van der Waals surface area contributed by atoms with E-state index in [4.69, 9.17) is 4.74 Å². The van der Waals surface area contributed by atoms with E-state index in [9.17, 15) is 9.59 Å². The Kier molecular flexibility index (Phi) is 9.46. The van der Waals surface area contributed by atoms with Gasteiger partial charge in [-0.05, 0) is 32.6 Å². The SMILES string of the molecule is CCCCCCCCc1c(C)nc(C(=O)OCC)n(CC(C)C)c1=O. The van der Waals surface area contributed by atoms with Crippen molar-refractivity contribution in [2.45, 2.75) is 86.1 Å². The standard InChI is InChI=1S/C20H34N2O3/c1-6-8-9-10-11-12-13-17-16(5)21-18(20(24)25-7-2)22(19(17)23)14-15(3)4/h15H,6-14H2,1-5H3. The molecule has 0 fully saturated rings. The summed E-state index contributed by atoms with van der Waals surface area (Å²) in [7, 11) is 0. The van der Waals surface area contributed by atoms with Gasteiger partial charge in [0.05, 0.1) is 6.61 Å². The van der Waals surface area contributed by atoms with Gasteiger partial charge in [0.25, 0.3) is 5.56 Å². The molecule has 0 radical (unpaired) electrons. The molecule has 1 heterocycles. The molecule has 5 nitrogen and oxygen atoms in total. The van der Waals surface area contributed by atoms with Gasteiger partial charge in [-0.25, -0.2) is 9.78 Å². The molecule has 0 spiro atoms. The number of hydrogen-bond donors (Lipinski definition) is 0. The number of aryl methyl sites for hydroxylation is 1. The summed E-state index contributed by atoms with van der Waals surface area (Å²) in [6.45, 7) is 10.6. The number of esters is 1. The summed E-state index contributed by atoms with van der Waals surface area (Å²) in [4.78, 5) is 29.5. The highest BCUT2D eigenvalue weighted by molar-refractivity contribution is 5.85. The monoisotopic (exact) mass is 350 g/mol. The molecule has 0 aliphatic rings. The Morgan fingerprint density at radius 3 is 2.36 bits per heavy atom. The predicted octanol–water partition coefficient (Wildman–Crippen LogP) is 4.29. The van der Waals surface area contributed by atoms with E-state index in [1.165, 1.54) is 30.3 Å². The zero-order valence-electron chi connectivity index (χ0n) is 16.6. The highest BCUT2D eigenvalue weighted by Crippen LogP contribution is 2.12. The maximum atomic E-state index is 12.9. The lowest BCUT2D eigenvalue weighted by molar-refractivity contribution is 0.0502. The number of nitrogens with zero attached hydrogens (tertiary/aromatic N) is 2. The van der Waals surface area contributed by atoms with E-state index in [1.54, 1.807) is 6.92 Å². The molecule has 0 saturated heterocycles. The summed E-state index contributed by atoms with van der Waals surface area (Å²) < 4.78 is 6.58. The Bertz CT molecular complexity index is 606. The van der Waals surface area contributed by atoms with Gasteiger partial charge in [0.15, 0.2) is 0 Å². The fraction of sp³-hybridized carbons (Fsp3) is 0.750. The van der Waals surface area contributed by atoms with Crippen molar-refractivity contribution < 1.29 is 9.53 Å². The van der Waals surface area contributed by atoms with Gasteiger partial charge in [-0.1, -0.05) is 52.9 Å². The van der Waals surface area contributed by atoms with Gasteiger partial charge >= 0.3 is 5.97 Å². The quantitative estimate of drug-likeness (QED) is 0.441. The molecule has 0 aromatic carbocycles. The van der Waals surface area contributed by atoms with Crippen LogP contribution < -0.4 is 5.56 Å². The van der Waals surface area contributed by atoms with Crippen LogP contribution in [0.4, 0.5) is 0 Å². The number of ether oxygens (including phenoxy) is 1. The summed E-state index contributed by atoms with van der Waals surface area (Å²) >= 11 is 0. The number of carbonyl (C=O) groups excluding carboxylic acids is 1. The maximum Gasteiger partial charge on any atom is 0.374 e. The molecule has 0 unspecified atom stereocenters. The van der Waals surface area contributed by atoms with Crippen LogP contribution in [0.25, 0.3) is 0 Å². The minimum Gasteiger partial charge on any atom is -0.460 e. The molecule has 0 N–H and O–H groups in total. The molecule has 1 rings (SSSR count). The number of hydrogen-bond acceptors (Lipinski definition) is 4. The largest absolute Gasteiger partial charge is 0.460 e. The Morgan fingerprint density at radius 1 is 1.12 bits per heavy atom. The van der Waals surface area contributed by atoms with Gasteiger partial charge in [-0.2, -0.15) is 0 Å². The molecule has 0 amide bonds. The minimum atomic E-state index is -0.519. The minimum absolute atomic E-state index is 0.0854. The predicted molar refractivity (Wildman–Crippen MR) is 101 cm³/mol.